The zero-order valence-corrected chi connectivity index (χ0v) is 14.5. The minimum atomic E-state index is 0.144. The van der Waals surface area contributed by atoms with Crippen molar-refractivity contribution in [1.82, 2.24) is 19.8 Å². The molecule has 5 nitrogen and oxygen atoms in total. The van der Waals surface area contributed by atoms with Gasteiger partial charge < -0.3 is 14.8 Å². The molecule has 1 amide bonds. The van der Waals surface area contributed by atoms with E-state index in [-0.39, 0.29) is 5.91 Å². The first kappa shape index (κ1) is 16.7. The van der Waals surface area contributed by atoms with E-state index < -0.39 is 0 Å². The van der Waals surface area contributed by atoms with Crippen molar-refractivity contribution in [2.24, 2.45) is 0 Å². The maximum absolute atomic E-state index is 12.8. The molecule has 0 aliphatic carbocycles. The van der Waals surface area contributed by atoms with E-state index in [1.54, 1.807) is 12.5 Å². The Bertz CT molecular complexity index is 658. The summed E-state index contributed by atoms with van der Waals surface area (Å²) >= 11 is 0. The molecule has 5 heteroatoms. The molecule has 1 fully saturated rings. The van der Waals surface area contributed by atoms with Gasteiger partial charge in [-0.05, 0) is 30.5 Å². The molecule has 1 saturated heterocycles. The van der Waals surface area contributed by atoms with Crippen molar-refractivity contribution < 1.29 is 4.79 Å². The fourth-order valence-electron chi connectivity index (χ4n) is 3.30. The second-order valence-electron chi connectivity index (χ2n) is 6.82. The first-order chi connectivity index (χ1) is 11.6. The summed E-state index contributed by atoms with van der Waals surface area (Å²) in [6.07, 6.45) is 7.55. The highest BCUT2D eigenvalue weighted by molar-refractivity contribution is 5.94. The molecule has 0 radical (unpaired) electrons. The highest BCUT2D eigenvalue weighted by atomic mass is 16.2. The van der Waals surface area contributed by atoms with Crippen molar-refractivity contribution in [2.75, 3.05) is 13.1 Å². The molecule has 3 rings (SSSR count). The van der Waals surface area contributed by atoms with E-state index in [1.807, 2.05) is 33.9 Å². The van der Waals surface area contributed by atoms with Crippen LogP contribution < -0.4 is 5.32 Å². The van der Waals surface area contributed by atoms with Crippen LogP contribution in [0.2, 0.25) is 0 Å². The second kappa shape index (κ2) is 7.62. The Morgan fingerprint density at radius 2 is 2.12 bits per heavy atom. The molecule has 2 aromatic rings. The monoisotopic (exact) mass is 326 g/mol. The zero-order valence-electron chi connectivity index (χ0n) is 14.5. The standard InChI is InChI=1S/C19H26N4O/c1-15(2)21-18-6-9-23(10-7-18)19(24)17-5-3-4-16(12-17)13-22-11-8-20-14-22/h3-5,8,11-12,14-15,18,21H,6-7,9-10,13H2,1-2H3. The van der Waals surface area contributed by atoms with E-state index in [0.717, 1.165) is 43.6 Å². The van der Waals surface area contributed by atoms with Crippen molar-refractivity contribution in [3.8, 4) is 0 Å². The number of nitrogens with one attached hydrogen (secondary N) is 1. The molecule has 24 heavy (non-hydrogen) atoms. The topological polar surface area (TPSA) is 50.2 Å². The number of carbonyl (C=O) groups excluding carboxylic acids is 1. The number of rotatable bonds is 5. The minimum Gasteiger partial charge on any atom is -0.339 e. The number of hydrogen-bond acceptors (Lipinski definition) is 3. The molecule has 0 unspecified atom stereocenters. The van der Waals surface area contributed by atoms with Crippen LogP contribution >= 0.6 is 0 Å². The number of amides is 1. The van der Waals surface area contributed by atoms with Gasteiger partial charge in [-0.2, -0.15) is 0 Å². The number of nitrogens with zero attached hydrogens (tertiary/aromatic N) is 3. The zero-order chi connectivity index (χ0) is 16.9. The predicted octanol–water partition coefficient (Wildman–Crippen LogP) is 2.53. The smallest absolute Gasteiger partial charge is 0.253 e. The van der Waals surface area contributed by atoms with Crippen LogP contribution in [0.5, 0.6) is 0 Å². The van der Waals surface area contributed by atoms with Crippen LogP contribution in [0.1, 0.15) is 42.6 Å². The lowest BCUT2D eigenvalue weighted by Crippen LogP contribution is -2.46. The molecular weight excluding hydrogens is 300 g/mol. The highest BCUT2D eigenvalue weighted by Crippen LogP contribution is 2.16. The van der Waals surface area contributed by atoms with Gasteiger partial charge in [0.05, 0.1) is 6.33 Å². The summed E-state index contributed by atoms with van der Waals surface area (Å²) in [6.45, 7) is 6.73. The van der Waals surface area contributed by atoms with E-state index in [9.17, 15) is 4.79 Å². The Balaban J connectivity index is 1.61. The van der Waals surface area contributed by atoms with Crippen molar-refractivity contribution in [3.05, 3.63) is 54.1 Å². The number of carbonyl (C=O) groups is 1. The Morgan fingerprint density at radius 1 is 1.33 bits per heavy atom. The van der Waals surface area contributed by atoms with Crippen LogP contribution in [0.15, 0.2) is 43.0 Å². The molecule has 0 bridgehead atoms. The van der Waals surface area contributed by atoms with Crippen molar-refractivity contribution in [3.63, 3.8) is 0 Å². The molecule has 0 atom stereocenters. The quantitative estimate of drug-likeness (QED) is 0.918. The molecule has 128 valence electrons. The Hall–Kier alpha value is -2.14. The third-order valence-corrected chi connectivity index (χ3v) is 4.45. The molecule has 1 N–H and O–H groups in total. The lowest BCUT2D eigenvalue weighted by molar-refractivity contribution is 0.0703. The summed E-state index contributed by atoms with van der Waals surface area (Å²) in [7, 11) is 0. The Kier molecular flexibility index (Phi) is 5.30. The van der Waals surface area contributed by atoms with Crippen LogP contribution in [0.3, 0.4) is 0 Å². The van der Waals surface area contributed by atoms with Crippen LogP contribution in [-0.4, -0.2) is 45.5 Å². The average molecular weight is 326 g/mol. The van der Waals surface area contributed by atoms with Gasteiger partial charge in [-0.15, -0.1) is 0 Å². The average Bonchev–Trinajstić information content (AvgIpc) is 3.07. The second-order valence-corrected chi connectivity index (χ2v) is 6.82. The van der Waals surface area contributed by atoms with Gasteiger partial charge in [-0.1, -0.05) is 26.0 Å². The maximum Gasteiger partial charge on any atom is 0.253 e. The Labute approximate surface area is 143 Å². The van der Waals surface area contributed by atoms with Gasteiger partial charge in [-0.25, -0.2) is 4.98 Å². The fourth-order valence-corrected chi connectivity index (χ4v) is 3.30. The number of imidazole rings is 1. The summed E-state index contributed by atoms with van der Waals surface area (Å²) < 4.78 is 2.01. The summed E-state index contributed by atoms with van der Waals surface area (Å²) in [5, 5.41) is 3.57. The molecule has 1 aliphatic rings. The molecule has 1 aromatic heterocycles. The number of benzene rings is 1. The Morgan fingerprint density at radius 3 is 2.79 bits per heavy atom. The van der Waals surface area contributed by atoms with Gasteiger partial charge in [0, 0.05) is 49.7 Å². The lowest BCUT2D eigenvalue weighted by atomic mass is 10.0. The molecular formula is C19H26N4O. The summed E-state index contributed by atoms with van der Waals surface area (Å²) in [4.78, 5) is 18.8. The van der Waals surface area contributed by atoms with Gasteiger partial charge in [-0.3, -0.25) is 4.79 Å². The number of likely N-dealkylation sites (tertiary alicyclic amines) is 1. The van der Waals surface area contributed by atoms with E-state index in [4.69, 9.17) is 0 Å². The summed E-state index contributed by atoms with van der Waals surface area (Å²) in [5.74, 6) is 0.144. The first-order valence-corrected chi connectivity index (χ1v) is 8.72. The summed E-state index contributed by atoms with van der Waals surface area (Å²) in [6, 6.07) is 8.96. The van der Waals surface area contributed by atoms with Gasteiger partial charge in [0.1, 0.15) is 0 Å². The van der Waals surface area contributed by atoms with E-state index in [1.165, 1.54) is 0 Å². The summed E-state index contributed by atoms with van der Waals surface area (Å²) in [5.41, 5.74) is 1.90. The maximum atomic E-state index is 12.8. The van der Waals surface area contributed by atoms with E-state index in [2.05, 4.69) is 30.2 Å². The van der Waals surface area contributed by atoms with Gasteiger partial charge in [0.2, 0.25) is 0 Å². The van der Waals surface area contributed by atoms with Gasteiger partial charge >= 0.3 is 0 Å². The minimum absolute atomic E-state index is 0.144. The predicted molar refractivity (Wildman–Crippen MR) is 95.0 cm³/mol. The van der Waals surface area contributed by atoms with Crippen molar-refractivity contribution in [1.29, 1.82) is 0 Å². The molecule has 0 saturated carbocycles. The first-order valence-electron chi connectivity index (χ1n) is 8.72. The van der Waals surface area contributed by atoms with Crippen LogP contribution in [0, 0.1) is 0 Å². The van der Waals surface area contributed by atoms with Crippen LogP contribution in [-0.2, 0) is 6.54 Å². The van der Waals surface area contributed by atoms with Gasteiger partial charge in [0.25, 0.3) is 5.91 Å². The van der Waals surface area contributed by atoms with Crippen molar-refractivity contribution >= 4 is 5.91 Å². The van der Waals surface area contributed by atoms with E-state index in [0.29, 0.717) is 12.1 Å². The molecule has 2 heterocycles. The largest absolute Gasteiger partial charge is 0.339 e. The van der Waals surface area contributed by atoms with Crippen molar-refractivity contribution in [2.45, 2.75) is 45.3 Å². The third-order valence-electron chi connectivity index (χ3n) is 4.45. The normalized spacial score (nSPS) is 15.9. The molecule has 1 aliphatic heterocycles. The molecule has 0 spiro atoms. The fraction of sp³-hybridized carbons (Fsp3) is 0.474. The number of hydrogen-bond donors (Lipinski definition) is 1. The third kappa shape index (κ3) is 4.23. The SMILES string of the molecule is CC(C)NC1CCN(C(=O)c2cccc(Cn3ccnc3)c2)CC1. The highest BCUT2D eigenvalue weighted by Gasteiger charge is 2.23. The number of aromatic nitrogens is 2. The van der Waals surface area contributed by atoms with Gasteiger partial charge in [0.15, 0.2) is 0 Å². The number of piperidine rings is 1. The van der Waals surface area contributed by atoms with E-state index >= 15 is 0 Å². The molecule has 1 aromatic carbocycles. The lowest BCUT2D eigenvalue weighted by Gasteiger charge is -2.33. The van der Waals surface area contributed by atoms with Crippen LogP contribution in [0.25, 0.3) is 0 Å². The van der Waals surface area contributed by atoms with Crippen LogP contribution in [0.4, 0.5) is 0 Å².